The van der Waals surface area contributed by atoms with E-state index in [0.717, 1.165) is 33.7 Å². The number of hydrogen-bond donors (Lipinski definition) is 0. The van der Waals surface area contributed by atoms with E-state index < -0.39 is 5.97 Å². The Morgan fingerprint density at radius 3 is 2.46 bits per heavy atom. The van der Waals surface area contributed by atoms with Crippen LogP contribution in [0, 0.1) is 6.92 Å². The van der Waals surface area contributed by atoms with Crippen molar-refractivity contribution < 1.29 is 23.8 Å². The summed E-state index contributed by atoms with van der Waals surface area (Å²) in [5.74, 6) is 0.705. The molecule has 0 fully saturated rings. The minimum atomic E-state index is -0.480. The van der Waals surface area contributed by atoms with Crippen LogP contribution in [0.4, 0.5) is 0 Å². The standard InChI is InChI=1S/C22H25NO5/c1-15-12-17(16(2)23-27-5)10-11-20(15)28-14-18-8-6-7-9-19(18)21(25-3)13-22(24)26-4/h6-13H,14H2,1-5H3/b21-13+,23-16?. The average Bonchev–Trinajstić information content (AvgIpc) is 2.71. The van der Waals surface area contributed by atoms with E-state index in [4.69, 9.17) is 19.0 Å². The van der Waals surface area contributed by atoms with Gasteiger partial charge in [-0.15, -0.1) is 0 Å². The fourth-order valence-electron chi connectivity index (χ4n) is 2.68. The van der Waals surface area contributed by atoms with Gasteiger partial charge < -0.3 is 19.0 Å². The Bertz CT molecular complexity index is 886. The van der Waals surface area contributed by atoms with Gasteiger partial charge in [0.25, 0.3) is 0 Å². The number of esters is 1. The normalized spacial score (nSPS) is 11.8. The fourth-order valence-corrected chi connectivity index (χ4v) is 2.68. The summed E-state index contributed by atoms with van der Waals surface area (Å²) in [7, 11) is 4.36. The topological polar surface area (TPSA) is 66.4 Å². The third-order valence-corrected chi connectivity index (χ3v) is 4.16. The Kier molecular flexibility index (Phi) is 7.63. The number of ether oxygens (including phenoxy) is 3. The lowest BCUT2D eigenvalue weighted by Crippen LogP contribution is -2.04. The predicted octanol–water partition coefficient (Wildman–Crippen LogP) is 4.10. The molecule has 0 saturated heterocycles. The SMILES string of the molecule is CON=C(C)c1ccc(OCc2ccccc2/C(=C\C(=O)OC)OC)c(C)c1. The number of rotatable bonds is 8. The number of carbonyl (C=O) groups excluding carboxylic acids is 1. The Morgan fingerprint density at radius 2 is 1.82 bits per heavy atom. The summed E-state index contributed by atoms with van der Waals surface area (Å²) < 4.78 is 16.1. The van der Waals surface area contributed by atoms with Gasteiger partial charge in [-0.05, 0) is 43.2 Å². The van der Waals surface area contributed by atoms with Crippen molar-refractivity contribution in [3.05, 3.63) is 70.8 Å². The average molecular weight is 383 g/mol. The molecule has 0 radical (unpaired) electrons. The zero-order chi connectivity index (χ0) is 20.5. The molecule has 2 aromatic carbocycles. The molecule has 2 rings (SSSR count). The fraction of sp³-hybridized carbons (Fsp3) is 0.273. The Labute approximate surface area is 165 Å². The molecular formula is C22H25NO5. The van der Waals surface area contributed by atoms with Crippen LogP contribution in [-0.2, 0) is 25.7 Å². The molecule has 0 saturated carbocycles. The van der Waals surface area contributed by atoms with Crippen LogP contribution in [0.5, 0.6) is 5.75 Å². The van der Waals surface area contributed by atoms with Crippen molar-refractivity contribution in [2.24, 2.45) is 5.16 Å². The van der Waals surface area contributed by atoms with Gasteiger partial charge in [0.05, 0.1) is 26.0 Å². The maximum absolute atomic E-state index is 11.6. The van der Waals surface area contributed by atoms with Crippen molar-refractivity contribution >= 4 is 17.4 Å². The highest BCUT2D eigenvalue weighted by Gasteiger charge is 2.12. The quantitative estimate of drug-likeness (QED) is 0.226. The second-order valence-corrected chi connectivity index (χ2v) is 6.02. The summed E-state index contributed by atoms with van der Waals surface area (Å²) in [6.07, 6.45) is 1.32. The molecule has 0 aliphatic rings. The van der Waals surface area contributed by atoms with Crippen LogP contribution in [0.3, 0.4) is 0 Å². The lowest BCUT2D eigenvalue weighted by Gasteiger charge is -2.14. The molecule has 28 heavy (non-hydrogen) atoms. The first-order chi connectivity index (χ1) is 13.5. The van der Waals surface area contributed by atoms with E-state index in [1.54, 1.807) is 0 Å². The monoisotopic (exact) mass is 383 g/mol. The van der Waals surface area contributed by atoms with Crippen LogP contribution >= 0.6 is 0 Å². The second kappa shape index (κ2) is 10.2. The highest BCUT2D eigenvalue weighted by molar-refractivity contribution is 5.98. The molecule has 0 aliphatic heterocycles. The van der Waals surface area contributed by atoms with Gasteiger partial charge in [0.1, 0.15) is 25.2 Å². The highest BCUT2D eigenvalue weighted by atomic mass is 16.6. The highest BCUT2D eigenvalue weighted by Crippen LogP contribution is 2.24. The van der Waals surface area contributed by atoms with E-state index in [1.165, 1.54) is 27.4 Å². The van der Waals surface area contributed by atoms with Crippen molar-refractivity contribution in [2.45, 2.75) is 20.5 Å². The third-order valence-electron chi connectivity index (χ3n) is 4.16. The molecule has 0 aliphatic carbocycles. The van der Waals surface area contributed by atoms with Crippen molar-refractivity contribution in [2.75, 3.05) is 21.3 Å². The maximum Gasteiger partial charge on any atom is 0.334 e. The predicted molar refractivity (Wildman–Crippen MR) is 108 cm³/mol. The number of aryl methyl sites for hydroxylation is 1. The summed E-state index contributed by atoms with van der Waals surface area (Å²) in [6, 6.07) is 13.4. The van der Waals surface area contributed by atoms with Gasteiger partial charge >= 0.3 is 5.97 Å². The van der Waals surface area contributed by atoms with Crippen molar-refractivity contribution in [3.63, 3.8) is 0 Å². The van der Waals surface area contributed by atoms with Crippen LogP contribution < -0.4 is 4.74 Å². The van der Waals surface area contributed by atoms with Crippen LogP contribution in [0.15, 0.2) is 53.7 Å². The van der Waals surface area contributed by atoms with Crippen molar-refractivity contribution in [1.29, 1.82) is 0 Å². The van der Waals surface area contributed by atoms with Gasteiger partial charge in [-0.1, -0.05) is 29.4 Å². The van der Waals surface area contributed by atoms with E-state index >= 15 is 0 Å². The number of methoxy groups -OCH3 is 2. The van der Waals surface area contributed by atoms with E-state index in [9.17, 15) is 4.79 Å². The van der Waals surface area contributed by atoms with Crippen molar-refractivity contribution in [1.82, 2.24) is 0 Å². The summed E-state index contributed by atoms with van der Waals surface area (Å²) in [4.78, 5) is 16.4. The molecule has 2 aromatic rings. The molecule has 6 nitrogen and oxygen atoms in total. The van der Waals surface area contributed by atoms with E-state index in [0.29, 0.717) is 12.4 Å². The van der Waals surface area contributed by atoms with Crippen LogP contribution in [0.2, 0.25) is 0 Å². The summed E-state index contributed by atoms with van der Waals surface area (Å²) in [5.41, 5.74) is 4.40. The molecule has 0 bridgehead atoms. The number of oxime groups is 1. The van der Waals surface area contributed by atoms with E-state index in [1.807, 2.05) is 56.3 Å². The smallest absolute Gasteiger partial charge is 0.334 e. The van der Waals surface area contributed by atoms with Crippen LogP contribution in [0.1, 0.15) is 29.2 Å². The van der Waals surface area contributed by atoms with Gasteiger partial charge in [-0.25, -0.2) is 4.79 Å². The first kappa shape index (κ1) is 21.0. The van der Waals surface area contributed by atoms with E-state index in [-0.39, 0.29) is 0 Å². The van der Waals surface area contributed by atoms with E-state index in [2.05, 4.69) is 5.16 Å². The number of carbonyl (C=O) groups is 1. The molecule has 0 amide bonds. The zero-order valence-electron chi connectivity index (χ0n) is 16.8. The Morgan fingerprint density at radius 1 is 1.07 bits per heavy atom. The van der Waals surface area contributed by atoms with Crippen LogP contribution in [0.25, 0.3) is 5.76 Å². The Balaban J connectivity index is 2.23. The molecule has 0 atom stereocenters. The lowest BCUT2D eigenvalue weighted by atomic mass is 10.1. The maximum atomic E-state index is 11.6. The first-order valence-corrected chi connectivity index (χ1v) is 8.73. The van der Waals surface area contributed by atoms with Crippen molar-refractivity contribution in [3.8, 4) is 5.75 Å². The molecule has 0 heterocycles. The molecule has 0 spiro atoms. The molecular weight excluding hydrogens is 358 g/mol. The van der Waals surface area contributed by atoms with Gasteiger partial charge in [0, 0.05) is 11.1 Å². The largest absolute Gasteiger partial charge is 0.496 e. The van der Waals surface area contributed by atoms with Gasteiger partial charge in [0.2, 0.25) is 0 Å². The minimum absolute atomic E-state index is 0.323. The summed E-state index contributed by atoms with van der Waals surface area (Å²) >= 11 is 0. The van der Waals surface area contributed by atoms with Crippen LogP contribution in [-0.4, -0.2) is 33.0 Å². The van der Waals surface area contributed by atoms with Gasteiger partial charge in [-0.3, -0.25) is 0 Å². The number of hydrogen-bond acceptors (Lipinski definition) is 6. The van der Waals surface area contributed by atoms with Gasteiger partial charge in [-0.2, -0.15) is 0 Å². The molecule has 148 valence electrons. The zero-order valence-corrected chi connectivity index (χ0v) is 16.8. The molecule has 6 heteroatoms. The second-order valence-electron chi connectivity index (χ2n) is 6.02. The molecule has 0 N–H and O–H groups in total. The summed E-state index contributed by atoms with van der Waals surface area (Å²) in [5, 5.41) is 3.95. The first-order valence-electron chi connectivity index (χ1n) is 8.73. The molecule has 0 aromatic heterocycles. The Hall–Kier alpha value is -3.28. The number of benzene rings is 2. The minimum Gasteiger partial charge on any atom is -0.496 e. The lowest BCUT2D eigenvalue weighted by molar-refractivity contribution is -0.134. The molecule has 0 unspecified atom stereocenters. The van der Waals surface area contributed by atoms with Gasteiger partial charge in [0.15, 0.2) is 0 Å². The summed E-state index contributed by atoms with van der Waals surface area (Å²) in [6.45, 7) is 4.18. The third kappa shape index (κ3) is 5.36. The number of nitrogens with zero attached hydrogens (tertiary/aromatic N) is 1.